The topological polar surface area (TPSA) is 84.6 Å². The molecule has 0 bridgehead atoms. The summed E-state index contributed by atoms with van der Waals surface area (Å²) < 4.78 is 0. The zero-order valence-electron chi connectivity index (χ0n) is 14.2. The molecule has 1 aliphatic heterocycles. The van der Waals surface area contributed by atoms with Crippen LogP contribution in [0.5, 0.6) is 0 Å². The Kier molecular flexibility index (Phi) is 4.03. The molecule has 1 saturated heterocycles. The van der Waals surface area contributed by atoms with Crippen molar-refractivity contribution in [3.63, 3.8) is 0 Å². The lowest BCUT2D eigenvalue weighted by atomic mass is 9.95. The van der Waals surface area contributed by atoms with Gasteiger partial charge in [0.25, 0.3) is 5.91 Å². The molecular weight excluding hydrogens is 328 g/mol. The molecule has 4 atom stereocenters. The van der Waals surface area contributed by atoms with Crippen LogP contribution in [0.25, 0.3) is 0 Å². The molecule has 0 radical (unpaired) electrons. The summed E-state index contributed by atoms with van der Waals surface area (Å²) in [7, 11) is 0. The van der Waals surface area contributed by atoms with Crippen molar-refractivity contribution < 1.29 is 15.0 Å². The van der Waals surface area contributed by atoms with E-state index in [-0.39, 0.29) is 30.9 Å². The molecule has 2 aliphatic rings. The Morgan fingerprint density at radius 3 is 2.69 bits per heavy atom. The fourth-order valence-corrected chi connectivity index (χ4v) is 4.63. The van der Waals surface area contributed by atoms with Gasteiger partial charge in [-0.25, -0.2) is 0 Å². The van der Waals surface area contributed by atoms with Gasteiger partial charge in [0, 0.05) is 30.7 Å². The third-order valence-corrected chi connectivity index (χ3v) is 5.92. The van der Waals surface area contributed by atoms with Crippen LogP contribution in [-0.4, -0.2) is 46.8 Å². The van der Waals surface area contributed by atoms with Crippen molar-refractivity contribution in [2.75, 3.05) is 19.7 Å². The number of aliphatic hydroxyl groups is 2. The summed E-state index contributed by atoms with van der Waals surface area (Å²) in [6.45, 7) is 0.645. The molecule has 2 aromatic carbocycles. The highest BCUT2D eigenvalue weighted by atomic mass is 16.3. The molecule has 4 rings (SSSR count). The van der Waals surface area contributed by atoms with Crippen LogP contribution in [-0.2, 0) is 0 Å². The van der Waals surface area contributed by atoms with E-state index in [9.17, 15) is 15.0 Å². The molecule has 2 N–H and O–H groups in total. The van der Waals surface area contributed by atoms with E-state index >= 15 is 0 Å². The summed E-state index contributed by atoms with van der Waals surface area (Å²) in [6, 6.07) is 18.5. The maximum atomic E-state index is 12.9. The smallest absolute Gasteiger partial charge is 0.254 e. The Morgan fingerprint density at radius 1 is 1.23 bits per heavy atom. The zero-order valence-corrected chi connectivity index (χ0v) is 14.2. The van der Waals surface area contributed by atoms with E-state index in [0.29, 0.717) is 17.7 Å². The van der Waals surface area contributed by atoms with E-state index in [1.54, 1.807) is 29.2 Å². The van der Waals surface area contributed by atoms with Crippen LogP contribution in [0.15, 0.2) is 54.6 Å². The highest BCUT2D eigenvalue weighted by Gasteiger charge is 2.71. The number of hydrogen-bond acceptors (Lipinski definition) is 4. The fraction of sp³-hybridized carbons (Fsp3) is 0.333. The van der Waals surface area contributed by atoms with E-state index in [1.165, 1.54) is 0 Å². The van der Waals surface area contributed by atoms with Gasteiger partial charge in [-0.2, -0.15) is 5.26 Å². The van der Waals surface area contributed by atoms with Gasteiger partial charge >= 0.3 is 0 Å². The predicted molar refractivity (Wildman–Crippen MR) is 95.3 cm³/mol. The number of carbonyl (C=O) groups excluding carboxylic acids is 1. The third kappa shape index (κ3) is 2.42. The third-order valence-electron chi connectivity index (χ3n) is 5.92. The summed E-state index contributed by atoms with van der Waals surface area (Å²) in [5.41, 5.74) is 1.49. The van der Waals surface area contributed by atoms with Crippen LogP contribution in [0.1, 0.15) is 27.4 Å². The van der Waals surface area contributed by atoms with Crippen molar-refractivity contribution in [2.24, 2.45) is 11.3 Å². The molecule has 1 amide bonds. The Labute approximate surface area is 152 Å². The number of amides is 1. The van der Waals surface area contributed by atoms with Crippen molar-refractivity contribution in [3.05, 3.63) is 71.3 Å². The largest absolute Gasteiger partial charge is 0.396 e. The van der Waals surface area contributed by atoms with Gasteiger partial charge in [0.1, 0.15) is 0 Å². The predicted octanol–water partition coefficient (Wildman–Crippen LogP) is 1.77. The van der Waals surface area contributed by atoms with Gasteiger partial charge in [-0.1, -0.05) is 36.4 Å². The summed E-state index contributed by atoms with van der Waals surface area (Å²) >= 11 is 0. The molecule has 1 saturated carbocycles. The Hall–Kier alpha value is -2.68. The number of likely N-dealkylation sites (tertiary alicyclic amines) is 1. The number of nitrogens with zero attached hydrogens (tertiary/aromatic N) is 2. The lowest BCUT2D eigenvalue weighted by Crippen LogP contribution is -2.29. The van der Waals surface area contributed by atoms with Crippen LogP contribution in [0.2, 0.25) is 0 Å². The van der Waals surface area contributed by atoms with E-state index in [1.807, 2.05) is 36.4 Å². The SMILES string of the molecule is N#Cc1cccc(C(=O)N2C[C@H](O)[C@@]3(C2)[C@H](CO)[C@H]3c2ccccc2)c1. The second-order valence-electron chi connectivity index (χ2n) is 7.18. The summed E-state index contributed by atoms with van der Waals surface area (Å²) in [5.74, 6) is -0.191. The van der Waals surface area contributed by atoms with Gasteiger partial charge in [0.05, 0.1) is 17.7 Å². The van der Waals surface area contributed by atoms with E-state index in [4.69, 9.17) is 5.26 Å². The number of carbonyl (C=O) groups is 1. The summed E-state index contributed by atoms with van der Waals surface area (Å²) in [4.78, 5) is 14.5. The maximum absolute atomic E-state index is 12.9. The fourth-order valence-electron chi connectivity index (χ4n) is 4.63. The monoisotopic (exact) mass is 348 g/mol. The quantitative estimate of drug-likeness (QED) is 0.885. The number of benzene rings is 2. The van der Waals surface area contributed by atoms with Gasteiger partial charge in [0.15, 0.2) is 0 Å². The first-order chi connectivity index (χ1) is 12.6. The Bertz CT molecular complexity index is 876. The normalized spacial score (nSPS) is 29.6. The molecule has 132 valence electrons. The van der Waals surface area contributed by atoms with Crippen molar-refractivity contribution in [3.8, 4) is 6.07 Å². The Balaban J connectivity index is 1.60. The second kappa shape index (κ2) is 6.24. The Morgan fingerprint density at radius 2 is 2.00 bits per heavy atom. The van der Waals surface area contributed by atoms with Gasteiger partial charge in [-0.15, -0.1) is 0 Å². The second-order valence-corrected chi connectivity index (χ2v) is 7.18. The van der Waals surface area contributed by atoms with E-state index in [0.717, 1.165) is 5.56 Å². The molecule has 26 heavy (non-hydrogen) atoms. The molecule has 0 unspecified atom stereocenters. The van der Waals surface area contributed by atoms with Crippen LogP contribution >= 0.6 is 0 Å². The van der Waals surface area contributed by atoms with Crippen molar-refractivity contribution in [1.82, 2.24) is 4.90 Å². The first-order valence-corrected chi connectivity index (χ1v) is 8.75. The van der Waals surface area contributed by atoms with Gasteiger partial charge in [-0.3, -0.25) is 4.79 Å². The number of nitriles is 1. The van der Waals surface area contributed by atoms with Gasteiger partial charge in [-0.05, 0) is 35.6 Å². The molecule has 1 spiro atoms. The molecule has 2 fully saturated rings. The molecule has 5 heteroatoms. The lowest BCUT2D eigenvalue weighted by molar-refractivity contribution is 0.0764. The van der Waals surface area contributed by atoms with Crippen LogP contribution in [0.3, 0.4) is 0 Å². The van der Waals surface area contributed by atoms with Crippen LogP contribution in [0.4, 0.5) is 0 Å². The van der Waals surface area contributed by atoms with E-state index < -0.39 is 11.5 Å². The molecular formula is C21H20N2O3. The highest BCUT2D eigenvalue weighted by molar-refractivity contribution is 5.95. The first kappa shape index (κ1) is 16.8. The van der Waals surface area contributed by atoms with Crippen LogP contribution in [0, 0.1) is 22.7 Å². The lowest BCUT2D eigenvalue weighted by Gasteiger charge is -2.17. The molecule has 1 aliphatic carbocycles. The van der Waals surface area contributed by atoms with Crippen LogP contribution < -0.4 is 0 Å². The molecule has 0 aromatic heterocycles. The first-order valence-electron chi connectivity index (χ1n) is 8.75. The molecule has 5 nitrogen and oxygen atoms in total. The van der Waals surface area contributed by atoms with E-state index in [2.05, 4.69) is 0 Å². The minimum absolute atomic E-state index is 0.0113. The molecule has 2 aromatic rings. The number of aliphatic hydroxyl groups excluding tert-OH is 2. The van der Waals surface area contributed by atoms with Crippen molar-refractivity contribution in [2.45, 2.75) is 12.0 Å². The number of hydrogen-bond donors (Lipinski definition) is 2. The molecule has 1 heterocycles. The zero-order chi connectivity index (χ0) is 18.3. The van der Waals surface area contributed by atoms with Gasteiger partial charge < -0.3 is 15.1 Å². The average molecular weight is 348 g/mol. The summed E-state index contributed by atoms with van der Waals surface area (Å²) in [6.07, 6.45) is -0.673. The minimum atomic E-state index is -0.673. The number of rotatable bonds is 3. The average Bonchev–Trinajstić information content (AvgIpc) is 3.23. The summed E-state index contributed by atoms with van der Waals surface area (Å²) in [5, 5.41) is 29.6. The van der Waals surface area contributed by atoms with Gasteiger partial charge in [0.2, 0.25) is 0 Å². The van der Waals surface area contributed by atoms with Crippen molar-refractivity contribution >= 4 is 5.91 Å². The van der Waals surface area contributed by atoms with Crippen molar-refractivity contribution in [1.29, 1.82) is 5.26 Å². The highest BCUT2D eigenvalue weighted by Crippen LogP contribution is 2.68. The standard InChI is InChI=1S/C21H20N2O3/c22-10-14-5-4-8-16(9-14)20(26)23-11-18(25)21(13-23)17(12-24)19(21)15-6-2-1-3-7-15/h1-9,17-19,24-25H,11-13H2/t17-,18+,19-,21-/m1/s1. The number of β-amino-alcohol motifs (C(OH)–C–C–N with tert-alkyl or cyclic N) is 1. The maximum Gasteiger partial charge on any atom is 0.254 e. The minimum Gasteiger partial charge on any atom is -0.396 e.